The van der Waals surface area contributed by atoms with E-state index in [0.717, 1.165) is 5.69 Å². The molecule has 0 atom stereocenters. The van der Waals surface area contributed by atoms with Crippen molar-refractivity contribution >= 4 is 40.8 Å². The number of furan rings is 1. The zero-order chi connectivity index (χ0) is 23.6. The third kappa shape index (κ3) is 5.34. The van der Waals surface area contributed by atoms with E-state index in [1.165, 1.54) is 11.2 Å². The van der Waals surface area contributed by atoms with Gasteiger partial charge in [-0.05, 0) is 44.2 Å². The summed E-state index contributed by atoms with van der Waals surface area (Å²) < 4.78 is 6.81. The highest BCUT2D eigenvalue weighted by molar-refractivity contribution is 6.42. The maximum atomic E-state index is 12.9. The summed E-state index contributed by atoms with van der Waals surface area (Å²) in [5.74, 6) is -0.0661. The minimum atomic E-state index is -0.361. The summed E-state index contributed by atoms with van der Waals surface area (Å²) >= 11 is 12.2. The SMILES string of the molecule is CC(C)N(CC(=O)Nc1cc(C(C)(C)C)nn1-c1ccc(Cl)c(Cl)c1)C(=O)c1ccco1. The van der Waals surface area contributed by atoms with Gasteiger partial charge in [0.25, 0.3) is 5.91 Å². The maximum Gasteiger partial charge on any atom is 0.290 e. The first-order valence-electron chi connectivity index (χ1n) is 10.2. The molecule has 1 aromatic carbocycles. The molecule has 32 heavy (non-hydrogen) atoms. The monoisotopic (exact) mass is 476 g/mol. The number of halogens is 2. The zero-order valence-electron chi connectivity index (χ0n) is 18.6. The van der Waals surface area contributed by atoms with Crippen LogP contribution in [0.2, 0.25) is 10.0 Å². The molecule has 0 saturated carbocycles. The second-order valence-electron chi connectivity index (χ2n) is 8.73. The molecule has 0 unspecified atom stereocenters. The minimum absolute atomic E-state index is 0.144. The number of hydrogen-bond acceptors (Lipinski definition) is 4. The van der Waals surface area contributed by atoms with E-state index in [-0.39, 0.29) is 35.6 Å². The molecule has 170 valence electrons. The molecule has 0 aliphatic carbocycles. The average molecular weight is 477 g/mol. The number of hydrogen-bond donors (Lipinski definition) is 1. The first kappa shape index (κ1) is 23.9. The van der Waals surface area contributed by atoms with Crippen LogP contribution in [-0.2, 0) is 10.2 Å². The van der Waals surface area contributed by atoms with Crippen molar-refractivity contribution < 1.29 is 14.0 Å². The number of nitrogens with one attached hydrogen (secondary N) is 1. The van der Waals surface area contributed by atoms with E-state index in [2.05, 4.69) is 10.4 Å². The van der Waals surface area contributed by atoms with Crippen LogP contribution in [-0.4, -0.2) is 39.1 Å². The van der Waals surface area contributed by atoms with Gasteiger partial charge in [0.2, 0.25) is 5.91 Å². The van der Waals surface area contributed by atoms with Crippen LogP contribution in [0.15, 0.2) is 47.1 Å². The topological polar surface area (TPSA) is 80.4 Å². The predicted octanol–water partition coefficient (Wildman–Crippen LogP) is 5.56. The summed E-state index contributed by atoms with van der Waals surface area (Å²) in [7, 11) is 0. The Morgan fingerprint density at radius 3 is 2.44 bits per heavy atom. The van der Waals surface area contributed by atoms with Crippen LogP contribution in [0.25, 0.3) is 5.69 Å². The van der Waals surface area contributed by atoms with Gasteiger partial charge >= 0.3 is 0 Å². The van der Waals surface area contributed by atoms with Crippen LogP contribution in [0.5, 0.6) is 0 Å². The average Bonchev–Trinajstić information content (AvgIpc) is 3.37. The fourth-order valence-electron chi connectivity index (χ4n) is 3.02. The molecule has 0 saturated heterocycles. The van der Waals surface area contributed by atoms with Crippen LogP contribution in [0.3, 0.4) is 0 Å². The van der Waals surface area contributed by atoms with Gasteiger partial charge in [0, 0.05) is 17.5 Å². The van der Waals surface area contributed by atoms with Crippen molar-refractivity contribution in [2.45, 2.75) is 46.1 Å². The maximum absolute atomic E-state index is 12.9. The molecule has 9 heteroatoms. The van der Waals surface area contributed by atoms with E-state index in [1.54, 1.807) is 35.0 Å². The number of carbonyl (C=O) groups excluding carboxylic acids is 2. The predicted molar refractivity (Wildman–Crippen MR) is 126 cm³/mol. The van der Waals surface area contributed by atoms with Crippen LogP contribution in [0.4, 0.5) is 5.82 Å². The van der Waals surface area contributed by atoms with E-state index in [4.69, 9.17) is 27.6 Å². The zero-order valence-corrected chi connectivity index (χ0v) is 20.2. The summed E-state index contributed by atoms with van der Waals surface area (Å²) in [6.45, 7) is 9.63. The smallest absolute Gasteiger partial charge is 0.290 e. The molecule has 0 aliphatic heterocycles. The molecule has 2 aromatic heterocycles. The highest BCUT2D eigenvalue weighted by atomic mass is 35.5. The molecule has 0 bridgehead atoms. The molecule has 3 rings (SSSR count). The molecule has 3 aromatic rings. The van der Waals surface area contributed by atoms with Crippen molar-refractivity contribution in [3.8, 4) is 5.69 Å². The quantitative estimate of drug-likeness (QED) is 0.504. The molecule has 0 radical (unpaired) electrons. The molecular formula is C23H26Cl2N4O3. The highest BCUT2D eigenvalue weighted by Crippen LogP contribution is 2.29. The van der Waals surface area contributed by atoms with Crippen LogP contribution < -0.4 is 5.32 Å². The van der Waals surface area contributed by atoms with Gasteiger partial charge in [0.1, 0.15) is 12.4 Å². The summed E-state index contributed by atoms with van der Waals surface area (Å²) in [5, 5.41) is 8.36. The largest absolute Gasteiger partial charge is 0.459 e. The lowest BCUT2D eigenvalue weighted by molar-refractivity contribution is -0.117. The Bertz CT molecular complexity index is 1110. The number of rotatable bonds is 6. The lowest BCUT2D eigenvalue weighted by Crippen LogP contribution is -2.42. The summed E-state index contributed by atoms with van der Waals surface area (Å²) in [4.78, 5) is 27.1. The normalized spacial score (nSPS) is 11.6. The van der Waals surface area contributed by atoms with E-state index in [9.17, 15) is 9.59 Å². The van der Waals surface area contributed by atoms with Crippen molar-refractivity contribution in [2.24, 2.45) is 0 Å². The second-order valence-corrected chi connectivity index (χ2v) is 9.54. The number of aromatic nitrogens is 2. The summed E-state index contributed by atoms with van der Waals surface area (Å²) in [5.41, 5.74) is 1.18. The van der Waals surface area contributed by atoms with E-state index in [0.29, 0.717) is 21.6 Å². The van der Waals surface area contributed by atoms with Gasteiger partial charge in [-0.1, -0.05) is 44.0 Å². The van der Waals surface area contributed by atoms with Gasteiger partial charge in [0.05, 0.1) is 27.7 Å². The standard InChI is InChI=1S/C23H26Cl2N4O3/c1-14(2)28(22(31)18-7-6-10-32-18)13-21(30)26-20-12-19(23(3,4)5)27-29(20)15-8-9-16(24)17(25)11-15/h6-12,14H,13H2,1-5H3,(H,26,30). The van der Waals surface area contributed by atoms with Crippen molar-refractivity contribution in [1.29, 1.82) is 0 Å². The van der Waals surface area contributed by atoms with E-state index >= 15 is 0 Å². The fourth-order valence-corrected chi connectivity index (χ4v) is 3.31. The third-order valence-corrected chi connectivity index (χ3v) is 5.56. The van der Waals surface area contributed by atoms with Crippen LogP contribution >= 0.6 is 23.2 Å². The van der Waals surface area contributed by atoms with Gasteiger partial charge in [-0.3, -0.25) is 9.59 Å². The van der Waals surface area contributed by atoms with Crippen LogP contribution in [0.1, 0.15) is 50.9 Å². The number of nitrogens with zero attached hydrogens (tertiary/aromatic N) is 3. The number of benzene rings is 1. The minimum Gasteiger partial charge on any atom is -0.459 e. The lowest BCUT2D eigenvalue weighted by atomic mass is 9.92. The lowest BCUT2D eigenvalue weighted by Gasteiger charge is -2.25. The van der Waals surface area contributed by atoms with Crippen molar-refractivity contribution in [3.63, 3.8) is 0 Å². The molecule has 1 N–H and O–H groups in total. The summed E-state index contributed by atoms with van der Waals surface area (Å²) in [6.07, 6.45) is 1.43. The molecule has 0 fully saturated rings. The molecular weight excluding hydrogens is 451 g/mol. The Balaban J connectivity index is 1.89. The highest BCUT2D eigenvalue weighted by Gasteiger charge is 2.26. The Morgan fingerprint density at radius 2 is 1.88 bits per heavy atom. The fraction of sp³-hybridized carbons (Fsp3) is 0.348. The Hall–Kier alpha value is -2.77. The van der Waals surface area contributed by atoms with Gasteiger partial charge in [-0.25, -0.2) is 4.68 Å². The van der Waals surface area contributed by atoms with Crippen molar-refractivity contribution in [1.82, 2.24) is 14.7 Å². The number of anilines is 1. The van der Waals surface area contributed by atoms with Gasteiger partial charge in [-0.15, -0.1) is 0 Å². The molecule has 0 spiro atoms. The molecule has 7 nitrogen and oxygen atoms in total. The first-order valence-corrected chi connectivity index (χ1v) is 10.9. The van der Waals surface area contributed by atoms with E-state index in [1.807, 2.05) is 40.7 Å². The summed E-state index contributed by atoms with van der Waals surface area (Å²) in [6, 6.07) is 9.94. The number of carbonyl (C=O) groups is 2. The van der Waals surface area contributed by atoms with Gasteiger partial charge in [-0.2, -0.15) is 5.10 Å². The molecule has 2 heterocycles. The Morgan fingerprint density at radius 1 is 1.16 bits per heavy atom. The second kappa shape index (κ2) is 9.38. The molecule has 2 amide bonds. The Kier molecular flexibility index (Phi) is 7.00. The Labute approximate surface area is 197 Å². The van der Waals surface area contributed by atoms with Crippen LogP contribution in [0, 0.1) is 0 Å². The van der Waals surface area contributed by atoms with Crippen molar-refractivity contribution in [3.05, 3.63) is 64.2 Å². The van der Waals surface area contributed by atoms with E-state index < -0.39 is 0 Å². The number of amides is 2. The van der Waals surface area contributed by atoms with Crippen molar-refractivity contribution in [2.75, 3.05) is 11.9 Å². The molecule has 0 aliphatic rings. The third-order valence-electron chi connectivity index (χ3n) is 4.82. The first-order chi connectivity index (χ1) is 15.0. The van der Waals surface area contributed by atoms with Gasteiger partial charge < -0.3 is 14.6 Å². The van der Waals surface area contributed by atoms with Gasteiger partial charge in [0.15, 0.2) is 5.76 Å².